The maximum Gasteiger partial charge on any atom is 0.0237 e. The molecule has 2 aliphatic rings. The van der Waals surface area contributed by atoms with Crippen LogP contribution in [0.15, 0.2) is 24.3 Å². The van der Waals surface area contributed by atoms with Crippen LogP contribution in [0.2, 0.25) is 0 Å². The van der Waals surface area contributed by atoms with Gasteiger partial charge in [-0.05, 0) is 43.7 Å². The average Bonchev–Trinajstić information content (AvgIpc) is 3.19. The number of nitrogens with zero attached hydrogens (tertiary/aromatic N) is 1. The molecule has 1 heterocycles. The predicted octanol–water partition coefficient (Wildman–Crippen LogP) is 2.75. The van der Waals surface area contributed by atoms with Gasteiger partial charge in [-0.3, -0.25) is 4.90 Å². The van der Waals surface area contributed by atoms with Crippen molar-refractivity contribution in [2.24, 2.45) is 0 Å². The molecule has 1 saturated carbocycles. The van der Waals surface area contributed by atoms with E-state index in [1.807, 2.05) is 0 Å². The van der Waals surface area contributed by atoms with Crippen LogP contribution in [0.3, 0.4) is 0 Å². The summed E-state index contributed by atoms with van der Waals surface area (Å²) >= 11 is 0. The molecule has 0 spiro atoms. The minimum atomic E-state index is 0.618. The Hall–Kier alpha value is -0.860. The third-order valence-corrected chi connectivity index (χ3v) is 4.31. The zero-order valence-electron chi connectivity index (χ0n) is 11.5. The van der Waals surface area contributed by atoms with E-state index in [1.54, 1.807) is 5.56 Å². The van der Waals surface area contributed by atoms with E-state index in [1.165, 1.54) is 18.4 Å². The summed E-state index contributed by atoms with van der Waals surface area (Å²) in [6, 6.07) is 10.6. The molecule has 2 heteroatoms. The highest BCUT2D eigenvalue weighted by molar-refractivity contribution is 5.28. The number of rotatable bonds is 3. The van der Waals surface area contributed by atoms with Crippen LogP contribution in [0, 0.1) is 0 Å². The van der Waals surface area contributed by atoms with Gasteiger partial charge in [0.2, 0.25) is 0 Å². The highest BCUT2D eigenvalue weighted by atomic mass is 15.2. The molecule has 98 valence electrons. The van der Waals surface area contributed by atoms with Gasteiger partial charge >= 0.3 is 0 Å². The summed E-state index contributed by atoms with van der Waals surface area (Å²) in [5.74, 6) is 0.872. The van der Waals surface area contributed by atoms with E-state index in [2.05, 4.69) is 48.3 Å². The van der Waals surface area contributed by atoms with Crippen molar-refractivity contribution in [3.8, 4) is 0 Å². The molecule has 1 N–H and O–H groups in total. The van der Waals surface area contributed by atoms with E-state index in [-0.39, 0.29) is 0 Å². The van der Waals surface area contributed by atoms with E-state index < -0.39 is 0 Å². The van der Waals surface area contributed by atoms with Gasteiger partial charge in [0.1, 0.15) is 0 Å². The first-order valence-electron chi connectivity index (χ1n) is 7.28. The van der Waals surface area contributed by atoms with Crippen molar-refractivity contribution in [3.05, 3.63) is 35.4 Å². The summed E-state index contributed by atoms with van der Waals surface area (Å²) in [5.41, 5.74) is 3.00. The Morgan fingerprint density at radius 1 is 1.17 bits per heavy atom. The zero-order chi connectivity index (χ0) is 12.5. The lowest BCUT2D eigenvalue weighted by Crippen LogP contribution is -2.53. The molecule has 3 rings (SSSR count). The number of benzene rings is 1. The molecule has 1 saturated heterocycles. The Morgan fingerprint density at radius 2 is 1.89 bits per heavy atom. The molecule has 0 radical (unpaired) electrons. The molecule has 1 aromatic rings. The molecule has 1 aliphatic carbocycles. The fourth-order valence-electron chi connectivity index (χ4n) is 2.86. The number of nitrogens with one attached hydrogen (secondary N) is 1. The first-order valence-corrected chi connectivity index (χ1v) is 7.28. The van der Waals surface area contributed by atoms with Crippen molar-refractivity contribution in [2.45, 2.75) is 51.2 Å². The first-order chi connectivity index (χ1) is 8.72. The molecule has 1 aromatic carbocycles. The highest BCUT2D eigenvalue weighted by Crippen LogP contribution is 2.39. The van der Waals surface area contributed by atoms with Gasteiger partial charge in [-0.15, -0.1) is 0 Å². The van der Waals surface area contributed by atoms with Crippen molar-refractivity contribution < 1.29 is 0 Å². The molecule has 18 heavy (non-hydrogen) atoms. The summed E-state index contributed by atoms with van der Waals surface area (Å²) in [5, 5.41) is 3.54. The van der Waals surface area contributed by atoms with Crippen LogP contribution in [0.1, 0.15) is 43.7 Å². The van der Waals surface area contributed by atoms with Crippen molar-refractivity contribution in [3.63, 3.8) is 0 Å². The summed E-state index contributed by atoms with van der Waals surface area (Å²) in [7, 11) is 0. The predicted molar refractivity (Wildman–Crippen MR) is 75.8 cm³/mol. The zero-order valence-corrected chi connectivity index (χ0v) is 11.5. The van der Waals surface area contributed by atoms with E-state index in [0.717, 1.165) is 25.6 Å². The van der Waals surface area contributed by atoms with E-state index in [9.17, 15) is 0 Å². The van der Waals surface area contributed by atoms with Crippen LogP contribution in [0.5, 0.6) is 0 Å². The molecule has 2 atom stereocenters. The molecular weight excluding hydrogens is 220 g/mol. The summed E-state index contributed by atoms with van der Waals surface area (Å²) in [4.78, 5) is 2.59. The molecule has 2 unspecified atom stereocenters. The van der Waals surface area contributed by atoms with Crippen molar-refractivity contribution in [2.75, 3.05) is 13.1 Å². The van der Waals surface area contributed by atoms with Crippen LogP contribution in [-0.2, 0) is 6.54 Å². The summed E-state index contributed by atoms with van der Waals surface area (Å²) < 4.78 is 0. The lowest BCUT2D eigenvalue weighted by Gasteiger charge is -2.37. The molecule has 0 bridgehead atoms. The third-order valence-electron chi connectivity index (χ3n) is 4.31. The Labute approximate surface area is 110 Å². The Bertz CT molecular complexity index is 394. The standard InChI is InChI=1S/C16H24N2/c1-12-10-18(13(2)9-17-12)11-14-3-5-15(6-4-14)16-7-8-16/h3-6,12-13,16-17H,7-11H2,1-2H3. The number of piperazine rings is 1. The second kappa shape index (κ2) is 5.02. The lowest BCUT2D eigenvalue weighted by molar-refractivity contribution is 0.139. The number of hydrogen-bond acceptors (Lipinski definition) is 2. The van der Waals surface area contributed by atoms with Gasteiger partial charge in [0.15, 0.2) is 0 Å². The normalized spacial score (nSPS) is 29.4. The second-order valence-corrected chi connectivity index (χ2v) is 6.10. The van der Waals surface area contributed by atoms with Crippen molar-refractivity contribution in [1.82, 2.24) is 10.2 Å². The fraction of sp³-hybridized carbons (Fsp3) is 0.625. The molecule has 1 aliphatic heterocycles. The lowest BCUT2D eigenvalue weighted by atomic mass is 10.1. The van der Waals surface area contributed by atoms with Gasteiger partial charge in [-0.1, -0.05) is 24.3 Å². The monoisotopic (exact) mass is 244 g/mol. The smallest absolute Gasteiger partial charge is 0.0237 e. The van der Waals surface area contributed by atoms with Gasteiger partial charge in [0, 0.05) is 31.7 Å². The van der Waals surface area contributed by atoms with Crippen LogP contribution < -0.4 is 5.32 Å². The van der Waals surface area contributed by atoms with Gasteiger partial charge in [0.25, 0.3) is 0 Å². The van der Waals surface area contributed by atoms with Gasteiger partial charge in [0.05, 0.1) is 0 Å². The first kappa shape index (κ1) is 12.2. The van der Waals surface area contributed by atoms with E-state index in [0.29, 0.717) is 12.1 Å². The Kier molecular flexibility index (Phi) is 3.40. The van der Waals surface area contributed by atoms with Gasteiger partial charge in [-0.25, -0.2) is 0 Å². The Balaban J connectivity index is 1.63. The largest absolute Gasteiger partial charge is 0.311 e. The van der Waals surface area contributed by atoms with Crippen LogP contribution >= 0.6 is 0 Å². The topological polar surface area (TPSA) is 15.3 Å². The van der Waals surface area contributed by atoms with Crippen LogP contribution in [0.4, 0.5) is 0 Å². The molecule has 0 aromatic heterocycles. The average molecular weight is 244 g/mol. The minimum Gasteiger partial charge on any atom is -0.311 e. The summed E-state index contributed by atoms with van der Waals surface area (Å²) in [6.07, 6.45) is 2.79. The third kappa shape index (κ3) is 2.76. The Morgan fingerprint density at radius 3 is 2.56 bits per heavy atom. The minimum absolute atomic E-state index is 0.618. The maximum absolute atomic E-state index is 3.54. The van der Waals surface area contributed by atoms with Crippen LogP contribution in [-0.4, -0.2) is 30.1 Å². The molecule has 2 nitrogen and oxygen atoms in total. The second-order valence-electron chi connectivity index (χ2n) is 6.10. The van der Waals surface area contributed by atoms with Crippen LogP contribution in [0.25, 0.3) is 0 Å². The quantitative estimate of drug-likeness (QED) is 0.879. The molecule has 0 amide bonds. The van der Waals surface area contributed by atoms with E-state index >= 15 is 0 Å². The highest BCUT2D eigenvalue weighted by Gasteiger charge is 2.24. The van der Waals surface area contributed by atoms with E-state index in [4.69, 9.17) is 0 Å². The fourth-order valence-corrected chi connectivity index (χ4v) is 2.86. The van der Waals surface area contributed by atoms with Gasteiger partial charge < -0.3 is 5.32 Å². The van der Waals surface area contributed by atoms with Gasteiger partial charge in [-0.2, -0.15) is 0 Å². The molecular formula is C16H24N2. The SMILES string of the molecule is CC1CN(Cc2ccc(C3CC3)cc2)C(C)CN1. The maximum atomic E-state index is 3.54. The number of hydrogen-bond donors (Lipinski definition) is 1. The van der Waals surface area contributed by atoms with Crippen molar-refractivity contribution >= 4 is 0 Å². The molecule has 2 fully saturated rings. The van der Waals surface area contributed by atoms with Crippen molar-refractivity contribution in [1.29, 1.82) is 0 Å². The summed E-state index contributed by atoms with van der Waals surface area (Å²) in [6.45, 7) is 7.96.